The van der Waals surface area contributed by atoms with Gasteiger partial charge in [0.05, 0.1) is 5.69 Å². The van der Waals surface area contributed by atoms with Crippen LogP contribution in [0.4, 0.5) is 0 Å². The van der Waals surface area contributed by atoms with E-state index in [0.29, 0.717) is 5.69 Å². The normalized spacial score (nSPS) is 10.3. The van der Waals surface area contributed by atoms with Crippen molar-refractivity contribution in [2.24, 2.45) is 0 Å². The van der Waals surface area contributed by atoms with Crippen molar-refractivity contribution in [1.29, 1.82) is 0 Å². The minimum atomic E-state index is 0.627. The van der Waals surface area contributed by atoms with Crippen LogP contribution in [0.2, 0.25) is 0 Å². The molecule has 0 aliphatic heterocycles. The Hall–Kier alpha value is -2.81. The minimum Gasteiger partial charge on any atom is -0.457 e. The summed E-state index contributed by atoms with van der Waals surface area (Å²) in [5, 5.41) is 0. The first-order chi connectivity index (χ1) is 10.3. The zero-order valence-corrected chi connectivity index (χ0v) is 11.7. The number of carbonyl (C=O) groups excluding carboxylic acids is 1. The fourth-order valence-electron chi connectivity index (χ4n) is 2.14. The van der Waals surface area contributed by atoms with Gasteiger partial charge in [-0.1, -0.05) is 17.7 Å². The Morgan fingerprint density at radius 3 is 2.14 bits per heavy atom. The fourth-order valence-corrected chi connectivity index (χ4v) is 2.14. The molecule has 1 heterocycles. The van der Waals surface area contributed by atoms with Crippen LogP contribution in [-0.4, -0.2) is 10.9 Å². The van der Waals surface area contributed by atoms with Crippen LogP contribution >= 0.6 is 0 Å². The van der Waals surface area contributed by atoms with Crippen LogP contribution in [0.3, 0.4) is 0 Å². The van der Waals surface area contributed by atoms with Crippen molar-refractivity contribution in [3.63, 3.8) is 0 Å². The molecule has 0 amide bonds. The predicted molar refractivity (Wildman–Crippen MR) is 82.4 cm³/mol. The second-order valence-electron chi connectivity index (χ2n) is 4.83. The van der Waals surface area contributed by atoms with Crippen molar-refractivity contribution in [2.45, 2.75) is 6.92 Å². The maximum absolute atomic E-state index is 11.0. The van der Waals surface area contributed by atoms with Gasteiger partial charge in [0.1, 0.15) is 11.5 Å². The SMILES string of the molecule is Cc1ccc(Oc2ccc(-n3cccc3C=O)cc2)cc1. The zero-order chi connectivity index (χ0) is 14.7. The summed E-state index contributed by atoms with van der Waals surface area (Å²) in [5.74, 6) is 1.57. The number of benzene rings is 2. The topological polar surface area (TPSA) is 31.2 Å². The molecule has 0 aliphatic carbocycles. The number of ether oxygens (including phenoxy) is 1. The highest BCUT2D eigenvalue weighted by Crippen LogP contribution is 2.23. The van der Waals surface area contributed by atoms with Crippen molar-refractivity contribution in [3.05, 3.63) is 78.1 Å². The maximum Gasteiger partial charge on any atom is 0.166 e. The Kier molecular flexibility index (Phi) is 3.56. The molecule has 0 N–H and O–H groups in total. The number of hydrogen-bond donors (Lipinski definition) is 0. The summed E-state index contributed by atoms with van der Waals surface area (Å²) in [6.07, 6.45) is 2.70. The van der Waals surface area contributed by atoms with Crippen molar-refractivity contribution in [1.82, 2.24) is 4.57 Å². The molecule has 0 saturated heterocycles. The molecule has 3 rings (SSSR count). The molecule has 1 aromatic heterocycles. The average molecular weight is 277 g/mol. The molecule has 104 valence electrons. The van der Waals surface area contributed by atoms with Gasteiger partial charge in [-0.05, 0) is 55.5 Å². The first-order valence-electron chi connectivity index (χ1n) is 6.74. The quantitative estimate of drug-likeness (QED) is 0.662. The number of rotatable bonds is 4. The van der Waals surface area contributed by atoms with E-state index in [1.54, 1.807) is 6.07 Å². The molecule has 3 nitrogen and oxygen atoms in total. The lowest BCUT2D eigenvalue weighted by Gasteiger charge is -2.09. The lowest BCUT2D eigenvalue weighted by atomic mass is 10.2. The molecule has 3 aromatic rings. The van der Waals surface area contributed by atoms with E-state index in [0.717, 1.165) is 23.5 Å². The van der Waals surface area contributed by atoms with Crippen molar-refractivity contribution < 1.29 is 9.53 Å². The van der Waals surface area contributed by atoms with E-state index in [1.807, 2.05) is 72.3 Å². The Morgan fingerprint density at radius 2 is 1.52 bits per heavy atom. The highest BCUT2D eigenvalue weighted by molar-refractivity contribution is 5.73. The molecule has 3 heteroatoms. The lowest BCUT2D eigenvalue weighted by molar-refractivity contribution is 0.111. The van der Waals surface area contributed by atoms with Crippen molar-refractivity contribution in [2.75, 3.05) is 0 Å². The summed E-state index contributed by atoms with van der Waals surface area (Å²) >= 11 is 0. The number of nitrogens with zero attached hydrogens (tertiary/aromatic N) is 1. The molecule has 0 saturated carbocycles. The number of carbonyl (C=O) groups is 1. The second-order valence-corrected chi connectivity index (χ2v) is 4.83. The summed E-state index contributed by atoms with van der Waals surface area (Å²) in [6, 6.07) is 19.2. The molecule has 2 aromatic carbocycles. The van der Waals surface area contributed by atoms with Gasteiger partial charge in [-0.25, -0.2) is 0 Å². The Morgan fingerprint density at radius 1 is 0.905 bits per heavy atom. The molecule has 0 atom stereocenters. The van der Waals surface area contributed by atoms with Crippen LogP contribution < -0.4 is 4.74 Å². The van der Waals surface area contributed by atoms with E-state index >= 15 is 0 Å². The lowest BCUT2D eigenvalue weighted by Crippen LogP contribution is -1.97. The van der Waals surface area contributed by atoms with Crippen molar-refractivity contribution >= 4 is 6.29 Å². The first-order valence-corrected chi connectivity index (χ1v) is 6.74. The zero-order valence-electron chi connectivity index (χ0n) is 11.7. The summed E-state index contributed by atoms with van der Waals surface area (Å²) in [4.78, 5) is 11.0. The second kappa shape index (κ2) is 5.67. The van der Waals surface area contributed by atoms with Gasteiger partial charge in [-0.2, -0.15) is 0 Å². The van der Waals surface area contributed by atoms with Gasteiger partial charge in [0.2, 0.25) is 0 Å². The van der Waals surface area contributed by atoms with Crippen LogP contribution in [0.15, 0.2) is 66.9 Å². The van der Waals surface area contributed by atoms with Gasteiger partial charge in [-0.3, -0.25) is 4.79 Å². The Bertz CT molecular complexity index is 740. The molecule has 0 aliphatic rings. The van der Waals surface area contributed by atoms with Crippen LogP contribution in [0.1, 0.15) is 16.1 Å². The Labute approximate surface area is 123 Å². The third kappa shape index (κ3) is 2.87. The number of aromatic nitrogens is 1. The highest BCUT2D eigenvalue weighted by Gasteiger charge is 2.03. The molecule has 0 radical (unpaired) electrons. The van der Waals surface area contributed by atoms with Crippen LogP contribution in [0.5, 0.6) is 11.5 Å². The third-order valence-corrected chi connectivity index (χ3v) is 3.27. The van der Waals surface area contributed by atoms with Crippen LogP contribution in [0, 0.1) is 6.92 Å². The molecular formula is C18H15NO2. The molecule has 21 heavy (non-hydrogen) atoms. The van der Waals surface area contributed by atoms with Gasteiger partial charge < -0.3 is 9.30 Å². The third-order valence-electron chi connectivity index (χ3n) is 3.27. The highest BCUT2D eigenvalue weighted by atomic mass is 16.5. The number of hydrogen-bond acceptors (Lipinski definition) is 2. The van der Waals surface area contributed by atoms with E-state index < -0.39 is 0 Å². The summed E-state index contributed by atoms with van der Waals surface area (Å²) in [5.41, 5.74) is 2.76. The van der Waals surface area contributed by atoms with E-state index in [9.17, 15) is 4.79 Å². The summed E-state index contributed by atoms with van der Waals surface area (Å²) in [7, 11) is 0. The van der Waals surface area contributed by atoms with Gasteiger partial charge in [-0.15, -0.1) is 0 Å². The standard InChI is InChI=1S/C18H15NO2/c1-14-4-8-17(9-5-14)21-18-10-6-15(7-11-18)19-12-2-3-16(19)13-20/h2-13H,1H3. The average Bonchev–Trinajstić information content (AvgIpc) is 2.99. The monoisotopic (exact) mass is 277 g/mol. The predicted octanol–water partition coefficient (Wildman–Crippen LogP) is 4.39. The molecule has 0 fully saturated rings. The largest absolute Gasteiger partial charge is 0.457 e. The molecule has 0 unspecified atom stereocenters. The molecule has 0 bridgehead atoms. The summed E-state index contributed by atoms with van der Waals surface area (Å²) in [6.45, 7) is 2.04. The van der Waals surface area contributed by atoms with Crippen LogP contribution in [-0.2, 0) is 0 Å². The molecular weight excluding hydrogens is 262 g/mol. The van der Waals surface area contributed by atoms with E-state index in [4.69, 9.17) is 4.74 Å². The van der Waals surface area contributed by atoms with E-state index in [1.165, 1.54) is 5.56 Å². The van der Waals surface area contributed by atoms with Gasteiger partial charge in [0, 0.05) is 11.9 Å². The smallest absolute Gasteiger partial charge is 0.166 e. The fraction of sp³-hybridized carbons (Fsp3) is 0.0556. The minimum absolute atomic E-state index is 0.627. The number of aldehydes is 1. The maximum atomic E-state index is 11.0. The van der Waals surface area contributed by atoms with Gasteiger partial charge in [0.25, 0.3) is 0 Å². The van der Waals surface area contributed by atoms with Gasteiger partial charge >= 0.3 is 0 Å². The number of aryl methyl sites for hydroxylation is 1. The van der Waals surface area contributed by atoms with E-state index in [-0.39, 0.29) is 0 Å². The van der Waals surface area contributed by atoms with Crippen LogP contribution in [0.25, 0.3) is 5.69 Å². The first kappa shape index (κ1) is 13.2. The van der Waals surface area contributed by atoms with Crippen molar-refractivity contribution in [3.8, 4) is 17.2 Å². The van der Waals surface area contributed by atoms with Gasteiger partial charge in [0.15, 0.2) is 6.29 Å². The van der Waals surface area contributed by atoms with E-state index in [2.05, 4.69) is 0 Å². The summed E-state index contributed by atoms with van der Waals surface area (Å²) < 4.78 is 7.62. The molecule has 0 spiro atoms. The Balaban J connectivity index is 1.81.